The minimum atomic E-state index is -0.123. The molecule has 25 heavy (non-hydrogen) atoms. The minimum absolute atomic E-state index is 0.0434. The summed E-state index contributed by atoms with van der Waals surface area (Å²) in [5.41, 5.74) is 2.48. The Hall–Kier alpha value is -2.14. The number of nitrogens with one attached hydrogen (secondary N) is 1. The molecule has 1 fully saturated rings. The number of amides is 1. The van der Waals surface area contributed by atoms with Gasteiger partial charge in [-0.05, 0) is 43.4 Å². The second kappa shape index (κ2) is 7.83. The van der Waals surface area contributed by atoms with Crippen LogP contribution in [0.5, 0.6) is 0 Å². The van der Waals surface area contributed by atoms with E-state index in [0.29, 0.717) is 12.1 Å². The standard InChI is InChI=1S/C20H26N2O3/c1-14-8-9-18-15(10-14)11-16(20(24)21-18)12-22(19(23)13-25-2)17-6-4-3-5-7-17/h8-11,17H,3-7,12-13H2,1-2H3,(H,21,24). The average molecular weight is 342 g/mol. The van der Waals surface area contributed by atoms with Crippen LogP contribution in [0.3, 0.4) is 0 Å². The highest BCUT2D eigenvalue weighted by atomic mass is 16.5. The molecule has 5 heteroatoms. The third kappa shape index (κ3) is 4.10. The first-order valence-electron chi connectivity index (χ1n) is 8.99. The Morgan fingerprint density at radius 2 is 2.00 bits per heavy atom. The van der Waals surface area contributed by atoms with Crippen LogP contribution in [0.2, 0.25) is 0 Å². The number of benzene rings is 1. The van der Waals surface area contributed by atoms with Crippen molar-refractivity contribution in [2.75, 3.05) is 13.7 Å². The molecule has 3 rings (SSSR count). The summed E-state index contributed by atoms with van der Waals surface area (Å²) < 4.78 is 5.05. The van der Waals surface area contributed by atoms with Gasteiger partial charge in [0.05, 0.1) is 6.54 Å². The fourth-order valence-electron chi connectivity index (χ4n) is 3.69. The molecule has 0 bridgehead atoms. The van der Waals surface area contributed by atoms with Gasteiger partial charge in [0.1, 0.15) is 6.61 Å². The Morgan fingerprint density at radius 3 is 2.72 bits per heavy atom. The largest absolute Gasteiger partial charge is 0.375 e. The van der Waals surface area contributed by atoms with E-state index in [4.69, 9.17) is 4.74 Å². The average Bonchev–Trinajstić information content (AvgIpc) is 2.61. The van der Waals surface area contributed by atoms with E-state index in [1.165, 1.54) is 13.5 Å². The Kier molecular flexibility index (Phi) is 5.53. The monoisotopic (exact) mass is 342 g/mol. The van der Waals surface area contributed by atoms with Crippen LogP contribution >= 0.6 is 0 Å². The molecule has 0 spiro atoms. The second-order valence-electron chi connectivity index (χ2n) is 6.96. The number of hydrogen-bond acceptors (Lipinski definition) is 3. The van der Waals surface area contributed by atoms with E-state index in [1.807, 2.05) is 30.0 Å². The van der Waals surface area contributed by atoms with Crippen LogP contribution in [0.4, 0.5) is 0 Å². The van der Waals surface area contributed by atoms with E-state index in [9.17, 15) is 9.59 Å². The Bertz CT molecular complexity index is 806. The summed E-state index contributed by atoms with van der Waals surface area (Å²) >= 11 is 0. The van der Waals surface area contributed by atoms with Crippen molar-refractivity contribution in [2.24, 2.45) is 0 Å². The minimum Gasteiger partial charge on any atom is -0.375 e. The van der Waals surface area contributed by atoms with Gasteiger partial charge in [0.2, 0.25) is 5.91 Å². The number of carbonyl (C=O) groups is 1. The van der Waals surface area contributed by atoms with E-state index in [2.05, 4.69) is 11.1 Å². The SMILES string of the molecule is COCC(=O)N(Cc1cc2cc(C)ccc2[nH]c1=O)C1CCCCC1. The van der Waals surface area contributed by atoms with Crippen LogP contribution in [0.25, 0.3) is 10.9 Å². The number of carbonyl (C=O) groups excluding carboxylic acids is 1. The smallest absolute Gasteiger partial charge is 0.253 e. The maximum atomic E-state index is 12.6. The van der Waals surface area contributed by atoms with E-state index in [-0.39, 0.29) is 24.1 Å². The van der Waals surface area contributed by atoms with Gasteiger partial charge in [-0.2, -0.15) is 0 Å². The van der Waals surface area contributed by atoms with E-state index in [0.717, 1.165) is 42.1 Å². The summed E-state index contributed by atoms with van der Waals surface area (Å²) in [4.78, 5) is 29.8. The number of aromatic amines is 1. The number of methoxy groups -OCH3 is 1. The van der Waals surface area contributed by atoms with E-state index < -0.39 is 0 Å². The summed E-state index contributed by atoms with van der Waals surface area (Å²) in [6, 6.07) is 8.07. The van der Waals surface area contributed by atoms with Crippen LogP contribution in [-0.2, 0) is 16.1 Å². The molecular weight excluding hydrogens is 316 g/mol. The number of aromatic nitrogens is 1. The Labute approximate surface area is 148 Å². The van der Waals surface area contributed by atoms with Crippen molar-refractivity contribution in [2.45, 2.75) is 51.6 Å². The van der Waals surface area contributed by atoms with Gasteiger partial charge >= 0.3 is 0 Å². The predicted octanol–water partition coefficient (Wildman–Crippen LogP) is 3.14. The summed E-state index contributed by atoms with van der Waals surface area (Å²) in [6.07, 6.45) is 5.49. The molecule has 1 N–H and O–H groups in total. The predicted molar refractivity (Wildman–Crippen MR) is 98.6 cm³/mol. The third-order valence-electron chi connectivity index (χ3n) is 5.02. The molecule has 0 saturated heterocycles. The molecule has 1 aromatic heterocycles. The summed E-state index contributed by atoms with van der Waals surface area (Å²) in [5, 5.41) is 0.998. The van der Waals surface area contributed by atoms with Crippen molar-refractivity contribution in [3.63, 3.8) is 0 Å². The molecule has 1 saturated carbocycles. The second-order valence-corrected chi connectivity index (χ2v) is 6.96. The zero-order valence-electron chi connectivity index (χ0n) is 15.0. The van der Waals surface area contributed by atoms with Crippen molar-refractivity contribution in [1.82, 2.24) is 9.88 Å². The fraction of sp³-hybridized carbons (Fsp3) is 0.500. The Morgan fingerprint density at radius 1 is 1.24 bits per heavy atom. The molecular formula is C20H26N2O3. The van der Waals surface area contributed by atoms with E-state index in [1.54, 1.807) is 0 Å². The highest BCUT2D eigenvalue weighted by Crippen LogP contribution is 2.24. The van der Waals surface area contributed by atoms with Crippen molar-refractivity contribution in [3.8, 4) is 0 Å². The summed E-state index contributed by atoms with van der Waals surface area (Å²) in [5.74, 6) is -0.0434. The fourth-order valence-corrected chi connectivity index (χ4v) is 3.69. The lowest BCUT2D eigenvalue weighted by atomic mass is 9.93. The number of rotatable bonds is 5. The van der Waals surface area contributed by atoms with Crippen molar-refractivity contribution in [1.29, 1.82) is 0 Å². The molecule has 2 aromatic rings. The molecule has 1 heterocycles. The number of fused-ring (bicyclic) bond motifs is 1. The molecule has 134 valence electrons. The summed E-state index contributed by atoms with van der Waals surface area (Å²) in [6.45, 7) is 2.42. The highest BCUT2D eigenvalue weighted by Gasteiger charge is 2.26. The van der Waals surface area contributed by atoms with Crippen LogP contribution in [0.15, 0.2) is 29.1 Å². The molecule has 1 aromatic carbocycles. The lowest BCUT2D eigenvalue weighted by molar-refractivity contribution is -0.139. The topological polar surface area (TPSA) is 62.4 Å². The van der Waals surface area contributed by atoms with Gasteiger partial charge in [-0.3, -0.25) is 9.59 Å². The number of ether oxygens (including phenoxy) is 1. The lowest BCUT2D eigenvalue weighted by Gasteiger charge is -2.34. The number of aryl methyl sites for hydroxylation is 1. The van der Waals surface area contributed by atoms with Crippen LogP contribution in [0.1, 0.15) is 43.2 Å². The van der Waals surface area contributed by atoms with Crippen molar-refractivity contribution >= 4 is 16.8 Å². The molecule has 0 radical (unpaired) electrons. The quantitative estimate of drug-likeness (QED) is 0.908. The molecule has 1 amide bonds. The third-order valence-corrected chi connectivity index (χ3v) is 5.02. The first-order valence-corrected chi connectivity index (χ1v) is 8.99. The Balaban J connectivity index is 1.92. The maximum Gasteiger partial charge on any atom is 0.253 e. The van der Waals surface area contributed by atoms with Gasteiger partial charge in [0.25, 0.3) is 5.56 Å². The van der Waals surface area contributed by atoms with Gasteiger partial charge in [-0.25, -0.2) is 0 Å². The number of nitrogens with zero attached hydrogens (tertiary/aromatic N) is 1. The number of pyridine rings is 1. The van der Waals surface area contributed by atoms with E-state index >= 15 is 0 Å². The molecule has 0 aliphatic heterocycles. The first kappa shape index (κ1) is 17.7. The van der Waals surface area contributed by atoms with Crippen molar-refractivity contribution < 1.29 is 9.53 Å². The zero-order valence-corrected chi connectivity index (χ0v) is 15.0. The molecule has 0 unspecified atom stereocenters. The molecule has 0 atom stereocenters. The van der Waals surface area contributed by atoms with Gasteiger partial charge in [0, 0.05) is 24.2 Å². The van der Waals surface area contributed by atoms with Crippen LogP contribution in [0, 0.1) is 6.92 Å². The normalized spacial score (nSPS) is 15.4. The number of H-pyrrole nitrogens is 1. The van der Waals surface area contributed by atoms with Crippen LogP contribution in [-0.4, -0.2) is 35.5 Å². The molecule has 1 aliphatic rings. The van der Waals surface area contributed by atoms with Gasteiger partial charge in [-0.1, -0.05) is 30.9 Å². The van der Waals surface area contributed by atoms with Gasteiger partial charge in [-0.15, -0.1) is 0 Å². The van der Waals surface area contributed by atoms with Gasteiger partial charge < -0.3 is 14.6 Å². The maximum absolute atomic E-state index is 12.6. The number of hydrogen-bond donors (Lipinski definition) is 1. The van der Waals surface area contributed by atoms with Crippen molar-refractivity contribution in [3.05, 3.63) is 45.7 Å². The summed E-state index contributed by atoms with van der Waals surface area (Å²) in [7, 11) is 1.53. The first-order chi connectivity index (χ1) is 12.1. The lowest BCUT2D eigenvalue weighted by Crippen LogP contribution is -2.43. The highest BCUT2D eigenvalue weighted by molar-refractivity contribution is 5.80. The van der Waals surface area contributed by atoms with Gasteiger partial charge in [0.15, 0.2) is 0 Å². The molecule has 5 nitrogen and oxygen atoms in total. The van der Waals surface area contributed by atoms with Crippen LogP contribution < -0.4 is 5.56 Å². The zero-order chi connectivity index (χ0) is 17.8. The molecule has 1 aliphatic carbocycles.